The molecule has 2 nitrogen and oxygen atoms in total. The lowest BCUT2D eigenvalue weighted by molar-refractivity contribution is 0.190. The summed E-state index contributed by atoms with van der Waals surface area (Å²) in [5.41, 5.74) is 0. The van der Waals surface area contributed by atoms with Crippen LogP contribution in [0, 0.1) is 11.8 Å². The smallest absolute Gasteiger partial charge is 0.127 e. The van der Waals surface area contributed by atoms with Crippen LogP contribution in [0.5, 0.6) is 0 Å². The van der Waals surface area contributed by atoms with Crippen LogP contribution in [-0.4, -0.2) is 24.7 Å². The van der Waals surface area contributed by atoms with Gasteiger partial charge in [0.15, 0.2) is 0 Å². The summed E-state index contributed by atoms with van der Waals surface area (Å²) in [4.78, 5) is 6.34. The highest BCUT2D eigenvalue weighted by atomic mass is 15.2. The second kappa shape index (κ2) is 5.74. The quantitative estimate of drug-likeness (QED) is 0.510. The van der Waals surface area contributed by atoms with Crippen molar-refractivity contribution in [1.82, 2.24) is 4.90 Å². The number of hydrogen-bond donors (Lipinski definition) is 0. The number of piperidine rings is 1. The van der Waals surface area contributed by atoms with Crippen molar-refractivity contribution in [2.24, 2.45) is 16.8 Å². The molecule has 0 aromatic heterocycles. The van der Waals surface area contributed by atoms with Crippen molar-refractivity contribution in [1.29, 1.82) is 0 Å². The van der Waals surface area contributed by atoms with Gasteiger partial charge in [-0.25, -0.2) is 4.99 Å². The predicted molar refractivity (Wildman–Crippen MR) is 67.0 cm³/mol. The molecule has 1 aliphatic heterocycles. The molecule has 1 rings (SSSR count). The lowest BCUT2D eigenvalue weighted by Gasteiger charge is -2.35. The van der Waals surface area contributed by atoms with Gasteiger partial charge in [-0.2, -0.15) is 0 Å². The number of allylic oxidation sites excluding steroid dienone is 2. The van der Waals surface area contributed by atoms with Gasteiger partial charge >= 0.3 is 0 Å². The molecule has 2 heteroatoms. The van der Waals surface area contributed by atoms with Crippen LogP contribution < -0.4 is 0 Å². The van der Waals surface area contributed by atoms with Crippen molar-refractivity contribution in [3.05, 3.63) is 24.6 Å². The maximum Gasteiger partial charge on any atom is 0.127 e. The molecule has 0 amide bonds. The number of aliphatic imine (C=N–C) groups is 1. The molecule has 0 aliphatic carbocycles. The van der Waals surface area contributed by atoms with Crippen LogP contribution in [-0.2, 0) is 0 Å². The summed E-state index contributed by atoms with van der Waals surface area (Å²) in [6.45, 7) is 14.1. The number of nitrogens with zero attached hydrogens (tertiary/aromatic N) is 2. The van der Waals surface area contributed by atoms with Crippen molar-refractivity contribution in [3.63, 3.8) is 0 Å². The summed E-state index contributed by atoms with van der Waals surface area (Å²) >= 11 is 0. The van der Waals surface area contributed by atoms with Gasteiger partial charge in [-0.15, -0.1) is 0 Å². The lowest BCUT2D eigenvalue weighted by atomic mass is 9.87. The Morgan fingerprint density at radius 2 is 2.00 bits per heavy atom. The first kappa shape index (κ1) is 12.0. The van der Waals surface area contributed by atoms with Crippen LogP contribution in [0.15, 0.2) is 29.5 Å². The Morgan fingerprint density at radius 1 is 1.40 bits per heavy atom. The molecule has 0 radical (unpaired) electrons. The van der Waals surface area contributed by atoms with Gasteiger partial charge in [-0.1, -0.05) is 26.5 Å². The number of likely N-dealkylation sites (tertiary alicyclic amines) is 1. The third kappa shape index (κ3) is 3.22. The molecule has 0 aromatic carbocycles. The van der Waals surface area contributed by atoms with Crippen LogP contribution in [0.25, 0.3) is 0 Å². The fraction of sp³-hybridized carbons (Fsp3) is 0.615. The topological polar surface area (TPSA) is 15.6 Å². The van der Waals surface area contributed by atoms with Gasteiger partial charge in [0.05, 0.1) is 0 Å². The molecule has 0 aromatic rings. The number of hydrogen-bond acceptors (Lipinski definition) is 2. The summed E-state index contributed by atoms with van der Waals surface area (Å²) < 4.78 is 0. The molecule has 0 atom stereocenters. The van der Waals surface area contributed by atoms with E-state index in [0.717, 1.165) is 30.7 Å². The summed E-state index contributed by atoms with van der Waals surface area (Å²) in [6.07, 6.45) is 6.24. The highest BCUT2D eigenvalue weighted by Crippen LogP contribution is 2.26. The van der Waals surface area contributed by atoms with E-state index in [2.05, 4.69) is 37.0 Å². The Bertz CT molecular complexity index is 245. The Hall–Kier alpha value is -1.05. The first-order valence-corrected chi connectivity index (χ1v) is 5.73. The van der Waals surface area contributed by atoms with E-state index in [1.807, 2.05) is 6.08 Å². The van der Waals surface area contributed by atoms with Gasteiger partial charge < -0.3 is 4.90 Å². The molecule has 15 heavy (non-hydrogen) atoms. The van der Waals surface area contributed by atoms with E-state index in [1.165, 1.54) is 12.8 Å². The Balaban J connectivity index is 2.52. The fourth-order valence-electron chi connectivity index (χ4n) is 2.16. The van der Waals surface area contributed by atoms with Crippen LogP contribution in [0.1, 0.15) is 26.7 Å². The Morgan fingerprint density at radius 3 is 2.40 bits per heavy atom. The zero-order chi connectivity index (χ0) is 11.3. The van der Waals surface area contributed by atoms with Gasteiger partial charge in [-0.3, -0.25) is 0 Å². The predicted octanol–water partition coefficient (Wildman–Crippen LogP) is 3.08. The van der Waals surface area contributed by atoms with E-state index in [9.17, 15) is 0 Å². The van der Waals surface area contributed by atoms with Gasteiger partial charge in [0.25, 0.3) is 0 Å². The SMILES string of the molecule is C=C/C=C(\N=C)N1CCC(C(C)C)CC1. The zero-order valence-electron chi connectivity index (χ0n) is 9.95. The largest absolute Gasteiger partial charge is 0.357 e. The fourth-order valence-corrected chi connectivity index (χ4v) is 2.16. The summed E-state index contributed by atoms with van der Waals surface area (Å²) in [5, 5.41) is 0. The highest BCUT2D eigenvalue weighted by Gasteiger charge is 2.22. The Labute approximate surface area is 93.4 Å². The minimum absolute atomic E-state index is 0.802. The lowest BCUT2D eigenvalue weighted by Crippen LogP contribution is -2.34. The molecule has 0 bridgehead atoms. The second-order valence-corrected chi connectivity index (χ2v) is 4.49. The maximum absolute atomic E-state index is 4.04. The maximum atomic E-state index is 4.04. The van der Waals surface area contributed by atoms with E-state index in [-0.39, 0.29) is 0 Å². The molecule has 1 saturated heterocycles. The first-order valence-electron chi connectivity index (χ1n) is 5.73. The highest BCUT2D eigenvalue weighted by molar-refractivity contribution is 5.29. The van der Waals surface area contributed by atoms with Gasteiger partial charge in [0.2, 0.25) is 0 Å². The van der Waals surface area contributed by atoms with E-state index in [1.54, 1.807) is 6.08 Å². The minimum Gasteiger partial charge on any atom is -0.357 e. The van der Waals surface area contributed by atoms with Crippen LogP contribution in [0.2, 0.25) is 0 Å². The van der Waals surface area contributed by atoms with E-state index < -0.39 is 0 Å². The van der Waals surface area contributed by atoms with Crippen molar-refractivity contribution in [3.8, 4) is 0 Å². The molecule has 0 N–H and O–H groups in total. The third-order valence-corrected chi connectivity index (χ3v) is 3.24. The average molecular weight is 206 g/mol. The van der Waals surface area contributed by atoms with Crippen LogP contribution in [0.4, 0.5) is 0 Å². The zero-order valence-corrected chi connectivity index (χ0v) is 9.95. The molecule has 0 unspecified atom stereocenters. The van der Waals surface area contributed by atoms with Crippen molar-refractivity contribution in [2.45, 2.75) is 26.7 Å². The Kier molecular flexibility index (Phi) is 4.60. The summed E-state index contributed by atoms with van der Waals surface area (Å²) in [5.74, 6) is 2.64. The average Bonchev–Trinajstić information content (AvgIpc) is 2.26. The van der Waals surface area contributed by atoms with Crippen LogP contribution >= 0.6 is 0 Å². The van der Waals surface area contributed by atoms with E-state index in [0.29, 0.717) is 0 Å². The van der Waals surface area contributed by atoms with Crippen LogP contribution in [0.3, 0.4) is 0 Å². The molecule has 0 spiro atoms. The van der Waals surface area contributed by atoms with Crippen molar-refractivity contribution >= 4 is 6.72 Å². The second-order valence-electron chi connectivity index (χ2n) is 4.49. The molecule has 1 heterocycles. The summed E-state index contributed by atoms with van der Waals surface area (Å²) in [6, 6.07) is 0. The van der Waals surface area contributed by atoms with E-state index >= 15 is 0 Å². The van der Waals surface area contributed by atoms with Gasteiger partial charge in [-0.05, 0) is 37.5 Å². The molecular formula is C13H22N2. The molecule has 1 aliphatic rings. The van der Waals surface area contributed by atoms with Crippen molar-refractivity contribution in [2.75, 3.05) is 13.1 Å². The normalized spacial score (nSPS) is 19.4. The molecule has 0 saturated carbocycles. The van der Waals surface area contributed by atoms with Gasteiger partial charge in [0.1, 0.15) is 5.82 Å². The monoisotopic (exact) mass is 206 g/mol. The number of rotatable bonds is 4. The third-order valence-electron chi connectivity index (χ3n) is 3.24. The van der Waals surface area contributed by atoms with E-state index in [4.69, 9.17) is 0 Å². The molecular weight excluding hydrogens is 184 g/mol. The van der Waals surface area contributed by atoms with Crippen molar-refractivity contribution < 1.29 is 0 Å². The molecule has 84 valence electrons. The molecule has 1 fully saturated rings. The summed E-state index contributed by atoms with van der Waals surface area (Å²) in [7, 11) is 0. The minimum atomic E-state index is 0.802. The standard InChI is InChI=1S/C13H22N2/c1-5-6-13(14-4)15-9-7-12(8-10-15)11(2)3/h5-6,11-12H,1,4,7-10H2,2-3H3/b13-6+. The van der Waals surface area contributed by atoms with Gasteiger partial charge in [0, 0.05) is 13.1 Å². The first-order chi connectivity index (χ1) is 7.19.